The molecule has 3 rings (SSSR count). The van der Waals surface area contributed by atoms with Gasteiger partial charge in [-0.1, -0.05) is 40.9 Å². The summed E-state index contributed by atoms with van der Waals surface area (Å²) in [7, 11) is 0. The van der Waals surface area contributed by atoms with E-state index >= 15 is 0 Å². The van der Waals surface area contributed by atoms with Gasteiger partial charge in [0, 0.05) is 20.5 Å². The van der Waals surface area contributed by atoms with Crippen molar-refractivity contribution in [2.75, 3.05) is 0 Å². The molecule has 1 unspecified atom stereocenters. The summed E-state index contributed by atoms with van der Waals surface area (Å²) in [4.78, 5) is 0. The van der Waals surface area contributed by atoms with Crippen molar-refractivity contribution in [2.24, 2.45) is 5.73 Å². The first-order valence-electron chi connectivity index (χ1n) is 5.94. The van der Waals surface area contributed by atoms with Crippen LogP contribution in [0.15, 0.2) is 46.9 Å². The Balaban J connectivity index is 2.05. The molecule has 0 bridgehead atoms. The summed E-state index contributed by atoms with van der Waals surface area (Å²) in [5.74, 6) is 0.631. The first-order chi connectivity index (χ1) is 9.54. The Morgan fingerprint density at radius 2 is 1.60 bits per heavy atom. The molecular weight excluding hydrogens is 317 g/mol. The SMILES string of the molecule is NC(c1cc2cc(Cl)ccc2o1)c1ccc(Cl)cc1Cl. The molecule has 0 radical (unpaired) electrons. The second-order valence-corrected chi connectivity index (χ2v) is 5.75. The monoisotopic (exact) mass is 325 g/mol. The Hall–Kier alpha value is -1.19. The number of halogens is 3. The fourth-order valence-corrected chi connectivity index (χ4v) is 2.80. The van der Waals surface area contributed by atoms with E-state index in [-0.39, 0.29) is 0 Å². The van der Waals surface area contributed by atoms with Crippen LogP contribution in [0.4, 0.5) is 0 Å². The van der Waals surface area contributed by atoms with E-state index in [0.717, 1.165) is 16.5 Å². The molecule has 5 heteroatoms. The summed E-state index contributed by atoms with van der Waals surface area (Å²) in [6.07, 6.45) is 0. The molecule has 0 aliphatic carbocycles. The van der Waals surface area contributed by atoms with E-state index in [2.05, 4.69) is 0 Å². The number of hydrogen-bond acceptors (Lipinski definition) is 2. The quantitative estimate of drug-likeness (QED) is 0.681. The first-order valence-corrected chi connectivity index (χ1v) is 7.07. The fraction of sp³-hybridized carbons (Fsp3) is 0.0667. The largest absolute Gasteiger partial charge is 0.459 e. The molecule has 1 heterocycles. The molecule has 2 aromatic carbocycles. The lowest BCUT2D eigenvalue weighted by atomic mass is 10.1. The number of furan rings is 1. The highest BCUT2D eigenvalue weighted by Gasteiger charge is 2.17. The summed E-state index contributed by atoms with van der Waals surface area (Å²) >= 11 is 18.0. The molecule has 3 aromatic rings. The van der Waals surface area contributed by atoms with E-state index in [9.17, 15) is 0 Å². The van der Waals surface area contributed by atoms with Gasteiger partial charge in [0.15, 0.2) is 0 Å². The normalized spacial score (nSPS) is 12.8. The summed E-state index contributed by atoms with van der Waals surface area (Å²) in [5, 5.41) is 2.65. The molecule has 2 nitrogen and oxygen atoms in total. The van der Waals surface area contributed by atoms with Gasteiger partial charge in [0.2, 0.25) is 0 Å². The van der Waals surface area contributed by atoms with Crippen molar-refractivity contribution < 1.29 is 4.42 Å². The van der Waals surface area contributed by atoms with Crippen molar-refractivity contribution in [1.82, 2.24) is 0 Å². The number of benzene rings is 2. The van der Waals surface area contributed by atoms with Crippen molar-refractivity contribution in [3.63, 3.8) is 0 Å². The van der Waals surface area contributed by atoms with E-state index in [1.807, 2.05) is 18.2 Å². The highest BCUT2D eigenvalue weighted by atomic mass is 35.5. The topological polar surface area (TPSA) is 39.2 Å². The van der Waals surface area contributed by atoms with Crippen LogP contribution in [0.1, 0.15) is 17.4 Å². The van der Waals surface area contributed by atoms with Gasteiger partial charge in [0.25, 0.3) is 0 Å². The van der Waals surface area contributed by atoms with E-state index in [1.54, 1.807) is 24.3 Å². The Labute approximate surface area is 131 Å². The van der Waals surface area contributed by atoms with Crippen molar-refractivity contribution in [3.05, 3.63) is 68.9 Å². The Morgan fingerprint density at radius 3 is 2.35 bits per heavy atom. The average Bonchev–Trinajstić information content (AvgIpc) is 2.81. The zero-order valence-electron chi connectivity index (χ0n) is 10.2. The zero-order chi connectivity index (χ0) is 14.3. The standard InChI is InChI=1S/C15H10Cl3NO/c16-9-2-4-13-8(5-9)6-14(20-13)15(19)11-3-1-10(17)7-12(11)18/h1-7,15H,19H2. The minimum absolute atomic E-state index is 0.453. The second kappa shape index (κ2) is 5.30. The van der Waals surface area contributed by atoms with Crippen molar-refractivity contribution in [3.8, 4) is 0 Å². The van der Waals surface area contributed by atoms with Gasteiger partial charge in [-0.25, -0.2) is 0 Å². The van der Waals surface area contributed by atoms with E-state index in [0.29, 0.717) is 20.8 Å². The molecule has 20 heavy (non-hydrogen) atoms. The lowest BCUT2D eigenvalue weighted by Crippen LogP contribution is -2.11. The van der Waals surface area contributed by atoms with Crippen molar-refractivity contribution in [2.45, 2.75) is 6.04 Å². The van der Waals surface area contributed by atoms with Gasteiger partial charge in [-0.2, -0.15) is 0 Å². The number of hydrogen-bond donors (Lipinski definition) is 1. The maximum Gasteiger partial charge on any atom is 0.134 e. The highest BCUT2D eigenvalue weighted by molar-refractivity contribution is 6.35. The van der Waals surface area contributed by atoms with Crippen LogP contribution >= 0.6 is 34.8 Å². The summed E-state index contributed by atoms with van der Waals surface area (Å²) in [5.41, 5.74) is 7.72. The predicted molar refractivity (Wildman–Crippen MR) is 83.7 cm³/mol. The third-order valence-corrected chi connectivity index (χ3v) is 3.90. The van der Waals surface area contributed by atoms with Gasteiger partial charge in [-0.15, -0.1) is 0 Å². The van der Waals surface area contributed by atoms with E-state index in [4.69, 9.17) is 45.0 Å². The lowest BCUT2D eigenvalue weighted by Gasteiger charge is -2.11. The Kier molecular flexibility index (Phi) is 3.65. The second-order valence-electron chi connectivity index (χ2n) is 4.47. The van der Waals surface area contributed by atoms with Crippen LogP contribution < -0.4 is 5.73 Å². The predicted octanol–water partition coefficient (Wildman–Crippen LogP) is 5.44. The Bertz CT molecular complexity index is 782. The third kappa shape index (κ3) is 2.52. The molecule has 0 aliphatic heterocycles. The molecule has 0 spiro atoms. The lowest BCUT2D eigenvalue weighted by molar-refractivity contribution is 0.525. The van der Waals surface area contributed by atoms with E-state index < -0.39 is 6.04 Å². The van der Waals surface area contributed by atoms with Crippen LogP contribution in [0.3, 0.4) is 0 Å². The molecule has 0 saturated heterocycles. The molecule has 0 fully saturated rings. The van der Waals surface area contributed by atoms with Gasteiger partial charge >= 0.3 is 0 Å². The maximum atomic E-state index is 6.21. The number of nitrogens with two attached hydrogens (primary N) is 1. The van der Waals surface area contributed by atoms with E-state index in [1.165, 1.54) is 0 Å². The van der Waals surface area contributed by atoms with Crippen molar-refractivity contribution in [1.29, 1.82) is 0 Å². The Morgan fingerprint density at radius 1 is 0.900 bits per heavy atom. The van der Waals surface area contributed by atoms with Crippen LogP contribution in [0.2, 0.25) is 15.1 Å². The van der Waals surface area contributed by atoms with Crippen LogP contribution in [0.25, 0.3) is 11.0 Å². The molecule has 0 amide bonds. The third-order valence-electron chi connectivity index (χ3n) is 3.10. The fourth-order valence-electron chi connectivity index (χ4n) is 2.10. The first kappa shape index (κ1) is 13.8. The van der Waals surface area contributed by atoms with Gasteiger partial charge in [0.05, 0.1) is 6.04 Å². The molecule has 1 atom stereocenters. The van der Waals surface area contributed by atoms with Crippen molar-refractivity contribution >= 4 is 45.8 Å². The van der Waals surface area contributed by atoms with Crippen LogP contribution in [-0.4, -0.2) is 0 Å². The summed E-state index contributed by atoms with van der Waals surface area (Å²) in [6, 6.07) is 12.1. The number of fused-ring (bicyclic) bond motifs is 1. The number of rotatable bonds is 2. The molecule has 0 saturated carbocycles. The summed E-state index contributed by atoms with van der Waals surface area (Å²) in [6.45, 7) is 0. The van der Waals surface area contributed by atoms with Crippen LogP contribution in [0.5, 0.6) is 0 Å². The molecule has 2 N–H and O–H groups in total. The maximum absolute atomic E-state index is 6.21. The molecule has 102 valence electrons. The van der Waals surface area contributed by atoms with Gasteiger partial charge in [-0.3, -0.25) is 0 Å². The minimum Gasteiger partial charge on any atom is -0.459 e. The minimum atomic E-state index is -0.453. The summed E-state index contributed by atoms with van der Waals surface area (Å²) < 4.78 is 5.75. The van der Waals surface area contributed by atoms with Gasteiger partial charge in [0.1, 0.15) is 11.3 Å². The smallest absolute Gasteiger partial charge is 0.134 e. The molecular formula is C15H10Cl3NO. The molecule has 1 aromatic heterocycles. The van der Waals surface area contributed by atoms with Crippen LogP contribution in [0, 0.1) is 0 Å². The van der Waals surface area contributed by atoms with Gasteiger partial charge in [-0.05, 0) is 42.0 Å². The van der Waals surface area contributed by atoms with Gasteiger partial charge < -0.3 is 10.2 Å². The average molecular weight is 327 g/mol. The van der Waals surface area contributed by atoms with Crippen LogP contribution in [-0.2, 0) is 0 Å². The molecule has 0 aliphatic rings. The zero-order valence-corrected chi connectivity index (χ0v) is 12.5. The highest BCUT2D eigenvalue weighted by Crippen LogP contribution is 2.32.